The summed E-state index contributed by atoms with van der Waals surface area (Å²) in [5.41, 5.74) is 1.41. The van der Waals surface area contributed by atoms with Crippen LogP contribution in [0.3, 0.4) is 0 Å². The predicted molar refractivity (Wildman–Crippen MR) is 150 cm³/mol. The lowest BCUT2D eigenvalue weighted by Gasteiger charge is -2.68. The number of carbonyl (C=O) groups is 1. The fraction of sp³-hybridized carbons (Fsp3) is 0.781. The van der Waals surface area contributed by atoms with Crippen molar-refractivity contribution >= 4 is 16.8 Å². The van der Waals surface area contributed by atoms with Gasteiger partial charge >= 0.3 is 0 Å². The molecule has 1 heterocycles. The smallest absolute Gasteiger partial charge is 0.157 e. The molecule has 1 aromatic carbocycles. The first kappa shape index (κ1) is 27.2. The molecule has 39 heavy (non-hydrogen) atoms. The van der Waals surface area contributed by atoms with Crippen LogP contribution in [0.4, 0.5) is 0 Å². The SMILES string of the molecule is COC[C@H]1C[C@H]2C[C@](C)(O)CC[C@]2(C)[C@H]2CC[C@]3(C)[C@@H](C(=O)Cn4nnc5ccc(OC)cc54)CC[C@H]3[C@]12C. The van der Waals surface area contributed by atoms with Crippen LogP contribution in [0.5, 0.6) is 5.75 Å². The van der Waals surface area contributed by atoms with E-state index in [4.69, 9.17) is 9.47 Å². The molecule has 9 atom stereocenters. The summed E-state index contributed by atoms with van der Waals surface area (Å²) in [5.74, 6) is 3.13. The van der Waals surface area contributed by atoms with Crippen molar-refractivity contribution in [1.82, 2.24) is 15.0 Å². The molecule has 4 fully saturated rings. The van der Waals surface area contributed by atoms with E-state index >= 15 is 0 Å². The molecule has 0 spiro atoms. The van der Waals surface area contributed by atoms with Crippen LogP contribution in [0.25, 0.3) is 11.0 Å². The van der Waals surface area contributed by atoms with Crippen LogP contribution >= 0.6 is 0 Å². The molecule has 0 amide bonds. The highest BCUT2D eigenvalue weighted by molar-refractivity contribution is 5.84. The molecule has 4 saturated carbocycles. The standard InChI is InChI=1S/C32H47N3O4/c1-29(37)13-14-30(2)20(17-29)15-21(19-38-5)32(4)27-10-8-23(31(27,3)12-11-28(30)32)26(36)18-35-25-16-22(39-6)7-9-24(25)33-34-35/h7,9,16,20-21,23,27-28,37H,8,10-15,17-19H2,1-6H3/t20-,21+,23+,27+,28+,29+,30-,31+,32-/m0/s1. The van der Waals surface area contributed by atoms with Crippen LogP contribution in [0.2, 0.25) is 0 Å². The van der Waals surface area contributed by atoms with Crippen molar-refractivity contribution in [3.63, 3.8) is 0 Å². The Labute approximate surface area is 233 Å². The number of carbonyl (C=O) groups excluding carboxylic acids is 1. The largest absolute Gasteiger partial charge is 0.497 e. The highest BCUT2D eigenvalue weighted by Crippen LogP contribution is 2.74. The van der Waals surface area contributed by atoms with Crippen molar-refractivity contribution < 1.29 is 19.4 Å². The highest BCUT2D eigenvalue weighted by atomic mass is 16.5. The van der Waals surface area contributed by atoms with E-state index in [1.54, 1.807) is 11.8 Å². The highest BCUT2D eigenvalue weighted by Gasteiger charge is 2.68. The lowest BCUT2D eigenvalue weighted by molar-refractivity contribution is -0.219. The van der Waals surface area contributed by atoms with Gasteiger partial charge in [0.05, 0.1) is 18.2 Å². The maximum Gasteiger partial charge on any atom is 0.157 e. The summed E-state index contributed by atoms with van der Waals surface area (Å²) in [6.45, 7) is 10.6. The average Bonchev–Trinajstić information content (AvgIpc) is 3.46. The van der Waals surface area contributed by atoms with Gasteiger partial charge in [-0.15, -0.1) is 5.10 Å². The van der Waals surface area contributed by atoms with Crippen LogP contribution in [0.15, 0.2) is 18.2 Å². The van der Waals surface area contributed by atoms with Crippen molar-refractivity contribution in [1.29, 1.82) is 0 Å². The van der Waals surface area contributed by atoms with Crippen LogP contribution in [0, 0.1) is 45.8 Å². The summed E-state index contributed by atoms with van der Waals surface area (Å²) in [6, 6.07) is 5.70. The molecule has 0 unspecified atom stereocenters. The fourth-order valence-corrected chi connectivity index (χ4v) is 10.7. The molecular weight excluding hydrogens is 490 g/mol. The average molecular weight is 538 g/mol. The first-order valence-corrected chi connectivity index (χ1v) is 15.1. The molecule has 1 N–H and O–H groups in total. The van der Waals surface area contributed by atoms with Gasteiger partial charge in [-0.2, -0.15) is 0 Å². The van der Waals surface area contributed by atoms with Crippen LogP contribution in [-0.2, 0) is 16.1 Å². The van der Waals surface area contributed by atoms with E-state index in [0.717, 1.165) is 74.8 Å². The maximum absolute atomic E-state index is 14.0. The second-order valence-corrected chi connectivity index (χ2v) is 14.5. The number of hydrogen-bond acceptors (Lipinski definition) is 6. The summed E-state index contributed by atoms with van der Waals surface area (Å²) in [4.78, 5) is 14.0. The van der Waals surface area contributed by atoms with E-state index in [9.17, 15) is 9.90 Å². The molecule has 6 rings (SSSR count). The molecule has 0 aliphatic heterocycles. The lowest BCUT2D eigenvalue weighted by atomic mass is 9.36. The molecule has 0 radical (unpaired) electrons. The Hall–Kier alpha value is -1.99. The van der Waals surface area contributed by atoms with Gasteiger partial charge in [0.15, 0.2) is 5.78 Å². The number of nitrogens with zero attached hydrogens (tertiary/aromatic N) is 3. The molecule has 2 aromatic rings. The molecule has 214 valence electrons. The number of benzene rings is 1. The Bertz CT molecular complexity index is 1260. The van der Waals surface area contributed by atoms with E-state index < -0.39 is 5.60 Å². The van der Waals surface area contributed by atoms with Crippen molar-refractivity contribution in [2.24, 2.45) is 45.8 Å². The summed E-state index contributed by atoms with van der Waals surface area (Å²) >= 11 is 0. The third kappa shape index (κ3) is 4.00. The topological polar surface area (TPSA) is 86.5 Å². The van der Waals surface area contributed by atoms with Gasteiger partial charge < -0.3 is 14.6 Å². The third-order valence-electron chi connectivity index (χ3n) is 12.7. The summed E-state index contributed by atoms with van der Waals surface area (Å²) < 4.78 is 13.1. The Morgan fingerprint density at radius 2 is 1.82 bits per heavy atom. The second kappa shape index (κ2) is 9.27. The number of rotatable bonds is 6. The van der Waals surface area contributed by atoms with E-state index in [-0.39, 0.29) is 34.5 Å². The molecular formula is C32H47N3O4. The van der Waals surface area contributed by atoms with Gasteiger partial charge in [0.2, 0.25) is 0 Å². The minimum absolute atomic E-state index is 0.0221. The Kier molecular flexibility index (Phi) is 6.46. The van der Waals surface area contributed by atoms with Gasteiger partial charge in [0, 0.05) is 25.7 Å². The van der Waals surface area contributed by atoms with Gasteiger partial charge in [0.25, 0.3) is 0 Å². The summed E-state index contributed by atoms with van der Waals surface area (Å²) in [7, 11) is 3.49. The second-order valence-electron chi connectivity index (χ2n) is 14.5. The van der Waals surface area contributed by atoms with Crippen molar-refractivity contribution in [2.45, 2.75) is 91.2 Å². The number of fused-ring (bicyclic) bond motifs is 6. The monoisotopic (exact) mass is 537 g/mol. The first-order valence-electron chi connectivity index (χ1n) is 15.1. The number of ether oxygens (including phenoxy) is 2. The van der Waals surface area contributed by atoms with Gasteiger partial charge in [0.1, 0.15) is 17.8 Å². The van der Waals surface area contributed by atoms with Gasteiger partial charge in [-0.3, -0.25) is 4.79 Å². The Morgan fingerprint density at radius 3 is 2.56 bits per heavy atom. The van der Waals surface area contributed by atoms with E-state index in [1.807, 2.05) is 32.2 Å². The molecule has 1 aromatic heterocycles. The van der Waals surface area contributed by atoms with Crippen molar-refractivity contribution in [3.8, 4) is 5.75 Å². The zero-order chi connectivity index (χ0) is 27.8. The Morgan fingerprint density at radius 1 is 1.05 bits per heavy atom. The minimum atomic E-state index is -0.556. The minimum Gasteiger partial charge on any atom is -0.497 e. The molecule has 0 bridgehead atoms. The number of Topliss-reactive ketones (excluding diaryl/α,β-unsaturated/α-hetero) is 1. The first-order chi connectivity index (χ1) is 18.5. The Balaban J connectivity index is 1.30. The van der Waals surface area contributed by atoms with E-state index in [1.165, 1.54) is 0 Å². The number of aliphatic hydroxyl groups is 1. The predicted octanol–water partition coefficient (Wildman–Crippen LogP) is 5.68. The maximum atomic E-state index is 14.0. The number of hydrogen-bond donors (Lipinski definition) is 1. The third-order valence-corrected chi connectivity index (χ3v) is 12.7. The summed E-state index contributed by atoms with van der Waals surface area (Å²) in [6.07, 6.45) is 8.31. The molecule has 7 nitrogen and oxygen atoms in total. The normalized spacial score (nSPS) is 43.5. The molecule has 4 aliphatic carbocycles. The van der Waals surface area contributed by atoms with Crippen LogP contribution in [0.1, 0.15) is 79.1 Å². The van der Waals surface area contributed by atoms with Crippen LogP contribution in [-0.4, -0.2) is 52.3 Å². The van der Waals surface area contributed by atoms with E-state index in [2.05, 4.69) is 31.1 Å². The quantitative estimate of drug-likeness (QED) is 0.510. The van der Waals surface area contributed by atoms with Crippen LogP contribution < -0.4 is 4.74 Å². The van der Waals surface area contributed by atoms with Gasteiger partial charge in [-0.1, -0.05) is 26.0 Å². The zero-order valence-corrected chi connectivity index (χ0v) is 24.7. The molecule has 7 heteroatoms. The number of methoxy groups -OCH3 is 2. The summed E-state index contributed by atoms with van der Waals surface area (Å²) in [5, 5.41) is 19.6. The van der Waals surface area contributed by atoms with Gasteiger partial charge in [-0.25, -0.2) is 4.68 Å². The van der Waals surface area contributed by atoms with Crippen molar-refractivity contribution in [2.75, 3.05) is 20.8 Å². The molecule has 0 saturated heterocycles. The zero-order valence-electron chi connectivity index (χ0n) is 24.7. The molecule has 4 aliphatic rings. The van der Waals surface area contributed by atoms with E-state index in [0.29, 0.717) is 23.7 Å². The van der Waals surface area contributed by atoms with Crippen molar-refractivity contribution in [3.05, 3.63) is 18.2 Å². The number of aromatic nitrogens is 3. The van der Waals surface area contributed by atoms with Gasteiger partial charge in [-0.05, 0) is 110 Å². The fourth-order valence-electron chi connectivity index (χ4n) is 10.7. The lowest BCUT2D eigenvalue weighted by Crippen LogP contribution is -2.64. The number of ketones is 1.